The van der Waals surface area contributed by atoms with Gasteiger partial charge in [-0.05, 0) is 41.3 Å². The summed E-state index contributed by atoms with van der Waals surface area (Å²) in [6.07, 6.45) is 6.82. The van der Waals surface area contributed by atoms with E-state index in [2.05, 4.69) is 5.10 Å². The zero-order valence-corrected chi connectivity index (χ0v) is 12.6. The van der Waals surface area contributed by atoms with Gasteiger partial charge in [0.25, 0.3) is 0 Å². The minimum absolute atomic E-state index is 0.257. The fourth-order valence-corrected chi connectivity index (χ4v) is 2.52. The van der Waals surface area contributed by atoms with Gasteiger partial charge in [0.1, 0.15) is 6.61 Å². The minimum atomic E-state index is -0.343. The molecule has 110 valence electrons. The van der Waals surface area contributed by atoms with Gasteiger partial charge >= 0.3 is 5.97 Å². The van der Waals surface area contributed by atoms with Crippen molar-refractivity contribution < 1.29 is 9.53 Å². The van der Waals surface area contributed by atoms with Crippen molar-refractivity contribution in [3.05, 3.63) is 76.8 Å². The molecule has 0 radical (unpaired) electrons. The molecule has 0 amide bonds. The molecule has 4 nitrogen and oxygen atoms in total. The van der Waals surface area contributed by atoms with Crippen LogP contribution in [0.25, 0.3) is 11.8 Å². The summed E-state index contributed by atoms with van der Waals surface area (Å²) in [6.45, 7) is 0.257. The van der Waals surface area contributed by atoms with E-state index in [4.69, 9.17) is 4.74 Å². The number of esters is 1. The average molecular weight is 310 g/mol. The third-order valence-corrected chi connectivity index (χ3v) is 3.85. The maximum atomic E-state index is 11.6. The second kappa shape index (κ2) is 6.87. The van der Waals surface area contributed by atoms with Crippen LogP contribution in [0.1, 0.15) is 10.4 Å². The Hall–Kier alpha value is -2.66. The second-order valence-electron chi connectivity index (χ2n) is 4.57. The lowest BCUT2D eigenvalue weighted by Crippen LogP contribution is -2.01. The van der Waals surface area contributed by atoms with E-state index in [1.54, 1.807) is 28.3 Å². The van der Waals surface area contributed by atoms with E-state index in [-0.39, 0.29) is 12.6 Å². The van der Waals surface area contributed by atoms with Crippen molar-refractivity contribution in [2.75, 3.05) is 0 Å². The summed E-state index contributed by atoms with van der Waals surface area (Å²) in [6, 6.07) is 13.5. The highest BCUT2D eigenvalue weighted by Crippen LogP contribution is 2.11. The lowest BCUT2D eigenvalue weighted by molar-refractivity contribution is -0.138. The lowest BCUT2D eigenvalue weighted by Gasteiger charge is -2.04. The van der Waals surface area contributed by atoms with Crippen molar-refractivity contribution in [3.63, 3.8) is 0 Å². The highest BCUT2D eigenvalue weighted by molar-refractivity contribution is 7.10. The number of carbonyl (C=O) groups excluding carboxylic acids is 1. The zero-order chi connectivity index (χ0) is 15.2. The monoisotopic (exact) mass is 310 g/mol. The number of hydrogen-bond donors (Lipinski definition) is 0. The summed E-state index contributed by atoms with van der Waals surface area (Å²) in [4.78, 5) is 12.7. The van der Waals surface area contributed by atoms with Crippen LogP contribution >= 0.6 is 11.3 Å². The van der Waals surface area contributed by atoms with E-state index in [1.807, 2.05) is 54.0 Å². The van der Waals surface area contributed by atoms with Crippen molar-refractivity contribution >= 4 is 23.4 Å². The zero-order valence-electron chi connectivity index (χ0n) is 11.8. The summed E-state index contributed by atoms with van der Waals surface area (Å²) >= 11 is 1.58. The molecule has 1 aromatic carbocycles. The number of aromatic nitrogens is 2. The minimum Gasteiger partial charge on any atom is -0.458 e. The smallest absolute Gasteiger partial charge is 0.331 e. The Balaban J connectivity index is 1.54. The van der Waals surface area contributed by atoms with Gasteiger partial charge in [-0.3, -0.25) is 0 Å². The molecule has 0 aliphatic heterocycles. The molecule has 3 aromatic rings. The molecule has 0 aliphatic carbocycles. The first kappa shape index (κ1) is 14.3. The second-order valence-corrected chi connectivity index (χ2v) is 5.55. The maximum absolute atomic E-state index is 11.6. The van der Waals surface area contributed by atoms with Crippen LogP contribution in [0.5, 0.6) is 0 Å². The van der Waals surface area contributed by atoms with Gasteiger partial charge in [0.15, 0.2) is 0 Å². The number of ether oxygens (including phenoxy) is 1. The van der Waals surface area contributed by atoms with Crippen LogP contribution in [-0.4, -0.2) is 15.7 Å². The fraction of sp³-hybridized carbons (Fsp3) is 0.0588. The van der Waals surface area contributed by atoms with E-state index in [9.17, 15) is 4.79 Å². The number of nitrogens with zero attached hydrogens (tertiary/aromatic N) is 2. The standard InChI is InChI=1S/C17H14N2O2S/c20-17(9-8-16-3-1-12-22-16)21-13-14-4-6-15(7-5-14)19-11-2-10-18-19/h1-12H,13H2/b9-8+. The Morgan fingerprint density at radius 1 is 1.23 bits per heavy atom. The van der Waals surface area contributed by atoms with Crippen LogP contribution in [0.2, 0.25) is 0 Å². The Bertz CT molecular complexity index is 745. The summed E-state index contributed by atoms with van der Waals surface area (Å²) in [5.41, 5.74) is 1.91. The van der Waals surface area contributed by atoms with Crippen LogP contribution in [0, 0.1) is 0 Å². The summed E-state index contributed by atoms with van der Waals surface area (Å²) in [5.74, 6) is -0.343. The van der Waals surface area contributed by atoms with Gasteiger partial charge < -0.3 is 4.74 Å². The number of benzene rings is 1. The van der Waals surface area contributed by atoms with Crippen LogP contribution < -0.4 is 0 Å². The molecule has 0 saturated heterocycles. The summed E-state index contributed by atoms with van der Waals surface area (Å²) in [7, 11) is 0. The van der Waals surface area contributed by atoms with E-state index in [1.165, 1.54) is 6.08 Å². The summed E-state index contributed by atoms with van der Waals surface area (Å²) in [5, 5.41) is 6.13. The fourth-order valence-electron chi connectivity index (χ4n) is 1.91. The van der Waals surface area contributed by atoms with Crippen LogP contribution in [-0.2, 0) is 16.1 Å². The molecule has 0 N–H and O–H groups in total. The normalized spacial score (nSPS) is 10.9. The van der Waals surface area contributed by atoms with E-state index < -0.39 is 0 Å². The lowest BCUT2D eigenvalue weighted by atomic mass is 10.2. The molecule has 2 aromatic heterocycles. The van der Waals surface area contributed by atoms with Crippen LogP contribution in [0.3, 0.4) is 0 Å². The average Bonchev–Trinajstić information content (AvgIpc) is 3.24. The predicted octanol–water partition coefficient (Wildman–Crippen LogP) is 3.69. The molecule has 0 fully saturated rings. The number of thiophene rings is 1. The molecule has 0 atom stereocenters. The van der Waals surface area contributed by atoms with Gasteiger partial charge in [-0.2, -0.15) is 5.10 Å². The molecule has 3 rings (SSSR count). The Morgan fingerprint density at radius 2 is 2.09 bits per heavy atom. The summed E-state index contributed by atoms with van der Waals surface area (Å²) < 4.78 is 6.99. The number of carbonyl (C=O) groups is 1. The van der Waals surface area contributed by atoms with Crippen molar-refractivity contribution in [3.8, 4) is 5.69 Å². The van der Waals surface area contributed by atoms with Crippen LogP contribution in [0.4, 0.5) is 0 Å². The third kappa shape index (κ3) is 3.71. The molecule has 0 spiro atoms. The Kier molecular flexibility index (Phi) is 4.46. The molecule has 0 aliphatic rings. The molecule has 0 bridgehead atoms. The van der Waals surface area contributed by atoms with Gasteiger partial charge in [-0.1, -0.05) is 18.2 Å². The van der Waals surface area contributed by atoms with Gasteiger partial charge in [0.05, 0.1) is 5.69 Å². The molecule has 22 heavy (non-hydrogen) atoms. The number of hydrogen-bond acceptors (Lipinski definition) is 4. The SMILES string of the molecule is O=C(/C=C/c1cccs1)OCc1ccc(-n2cccn2)cc1. The number of rotatable bonds is 5. The van der Waals surface area contributed by atoms with E-state index >= 15 is 0 Å². The largest absolute Gasteiger partial charge is 0.458 e. The van der Waals surface area contributed by atoms with E-state index in [0.717, 1.165) is 16.1 Å². The van der Waals surface area contributed by atoms with Crippen molar-refractivity contribution in [1.82, 2.24) is 9.78 Å². The van der Waals surface area contributed by atoms with Crippen molar-refractivity contribution in [1.29, 1.82) is 0 Å². The molecule has 0 saturated carbocycles. The third-order valence-electron chi connectivity index (χ3n) is 3.01. The molecule has 2 heterocycles. The highest BCUT2D eigenvalue weighted by atomic mass is 32.1. The van der Waals surface area contributed by atoms with E-state index in [0.29, 0.717) is 0 Å². The van der Waals surface area contributed by atoms with Gasteiger partial charge in [-0.25, -0.2) is 9.48 Å². The first-order valence-electron chi connectivity index (χ1n) is 6.78. The Morgan fingerprint density at radius 3 is 2.77 bits per heavy atom. The first-order chi connectivity index (χ1) is 10.8. The quantitative estimate of drug-likeness (QED) is 0.533. The topological polar surface area (TPSA) is 44.1 Å². The molecule has 0 unspecified atom stereocenters. The predicted molar refractivity (Wildman–Crippen MR) is 86.7 cm³/mol. The molecular formula is C17H14N2O2S. The van der Waals surface area contributed by atoms with Gasteiger partial charge in [0.2, 0.25) is 0 Å². The Labute approximate surface area is 132 Å². The van der Waals surface area contributed by atoms with Crippen LogP contribution in [0.15, 0.2) is 66.3 Å². The van der Waals surface area contributed by atoms with Crippen molar-refractivity contribution in [2.45, 2.75) is 6.61 Å². The maximum Gasteiger partial charge on any atom is 0.331 e. The van der Waals surface area contributed by atoms with Gasteiger partial charge in [-0.15, -0.1) is 11.3 Å². The molecular weight excluding hydrogens is 296 g/mol. The molecule has 5 heteroatoms. The highest BCUT2D eigenvalue weighted by Gasteiger charge is 2.01. The first-order valence-corrected chi connectivity index (χ1v) is 7.66. The van der Waals surface area contributed by atoms with Crippen molar-refractivity contribution in [2.24, 2.45) is 0 Å². The van der Waals surface area contributed by atoms with Gasteiger partial charge in [0, 0.05) is 23.3 Å².